The smallest absolute Gasteiger partial charge is 0.457 e. The van der Waals surface area contributed by atoms with Crippen molar-refractivity contribution in [1.82, 2.24) is 4.90 Å². The van der Waals surface area contributed by atoms with E-state index in [0.717, 1.165) is 0 Å². The van der Waals surface area contributed by atoms with Crippen molar-refractivity contribution < 1.29 is 23.5 Å². The van der Waals surface area contributed by atoms with Crippen LogP contribution in [0.5, 0.6) is 0 Å². The Morgan fingerprint density at radius 2 is 1.88 bits per heavy atom. The van der Waals surface area contributed by atoms with E-state index in [1.165, 1.54) is 7.05 Å². The van der Waals surface area contributed by atoms with Crippen LogP contribution in [0.4, 0.5) is 4.79 Å². The van der Waals surface area contributed by atoms with Crippen molar-refractivity contribution in [3.8, 4) is 0 Å². The maximum absolute atomic E-state index is 11.8. The van der Waals surface area contributed by atoms with Gasteiger partial charge in [0.25, 0.3) is 0 Å². The summed E-state index contributed by atoms with van der Waals surface area (Å²) in [6.07, 6.45) is -1.32. The summed E-state index contributed by atoms with van der Waals surface area (Å²) in [4.78, 5) is 11.2. The Kier molecular flexibility index (Phi) is 6.02. The first kappa shape index (κ1) is 14.9. The molecule has 0 aliphatic rings. The van der Waals surface area contributed by atoms with Crippen molar-refractivity contribution >= 4 is 19.8 Å². The van der Waals surface area contributed by atoms with Crippen molar-refractivity contribution in [2.45, 2.75) is 13.8 Å². The number of carbonyl (C=O) groups is 1. The van der Waals surface area contributed by atoms with Gasteiger partial charge in [-0.15, -0.1) is 4.76 Å². The highest BCUT2D eigenvalue weighted by Crippen LogP contribution is 2.49. The largest absolute Gasteiger partial charge is 0.465 e. The molecule has 0 rings (SSSR count). The van der Waals surface area contributed by atoms with E-state index in [0.29, 0.717) is 4.90 Å². The average molecular weight is 253 g/mol. The number of carboxylic acid groups (broad SMARTS) is 1. The summed E-state index contributed by atoms with van der Waals surface area (Å²) in [5.74, 6) is -0.447. The summed E-state index contributed by atoms with van der Waals surface area (Å²) in [7, 11) is -2.54. The van der Waals surface area contributed by atoms with Crippen LogP contribution in [0.15, 0.2) is 4.76 Å². The van der Waals surface area contributed by atoms with E-state index in [-0.39, 0.29) is 13.2 Å². The molecule has 0 heterocycles. The van der Waals surface area contributed by atoms with Crippen molar-refractivity contribution in [2.75, 3.05) is 20.3 Å². The van der Waals surface area contributed by atoms with Crippen LogP contribution in [0.2, 0.25) is 0 Å². The minimum absolute atomic E-state index is 0.116. The molecule has 0 aromatic heterocycles. The first-order valence-corrected chi connectivity index (χ1v) is 6.07. The second kappa shape index (κ2) is 6.47. The van der Waals surface area contributed by atoms with Crippen molar-refractivity contribution in [1.29, 1.82) is 0 Å². The standard InChI is InChI=1S/C7H16N3O5P/c1-4-14-16(13,15-5-2)9-6(8)10(3)7(11)12/h4-5H2,1-3H3,(H,11,12)(H2,8,9,13). The fraction of sp³-hybridized carbons (Fsp3) is 0.714. The molecule has 0 spiro atoms. The van der Waals surface area contributed by atoms with Crippen molar-refractivity contribution in [3.63, 3.8) is 0 Å². The van der Waals surface area contributed by atoms with Gasteiger partial charge in [0.15, 0.2) is 0 Å². The van der Waals surface area contributed by atoms with Gasteiger partial charge in [-0.2, -0.15) is 0 Å². The Labute approximate surface area is 93.6 Å². The van der Waals surface area contributed by atoms with Gasteiger partial charge in [0.1, 0.15) is 0 Å². The molecule has 9 heteroatoms. The number of hydrogen-bond acceptors (Lipinski definition) is 4. The molecular weight excluding hydrogens is 237 g/mol. The van der Waals surface area contributed by atoms with E-state index < -0.39 is 19.8 Å². The second-order valence-corrected chi connectivity index (χ2v) is 4.26. The first-order valence-electron chi connectivity index (χ1n) is 4.57. The minimum Gasteiger partial charge on any atom is -0.465 e. The molecule has 0 unspecified atom stereocenters. The highest BCUT2D eigenvalue weighted by Gasteiger charge is 2.25. The van der Waals surface area contributed by atoms with Crippen molar-refractivity contribution in [3.05, 3.63) is 0 Å². The molecule has 0 atom stereocenters. The molecule has 8 nitrogen and oxygen atoms in total. The van der Waals surface area contributed by atoms with E-state index in [1.54, 1.807) is 13.8 Å². The fourth-order valence-electron chi connectivity index (χ4n) is 0.712. The number of hydrogen-bond donors (Lipinski definition) is 2. The highest BCUT2D eigenvalue weighted by atomic mass is 31.2. The van der Waals surface area contributed by atoms with Gasteiger partial charge < -0.3 is 10.8 Å². The van der Waals surface area contributed by atoms with Gasteiger partial charge in [-0.3, -0.25) is 13.9 Å². The molecular formula is C7H16N3O5P. The van der Waals surface area contributed by atoms with Crippen LogP contribution in [0.25, 0.3) is 0 Å². The summed E-state index contributed by atoms with van der Waals surface area (Å²) in [5, 5.41) is 8.60. The Balaban J connectivity index is 4.90. The van der Waals surface area contributed by atoms with Crippen LogP contribution in [-0.2, 0) is 13.6 Å². The molecule has 0 aromatic rings. The molecule has 94 valence electrons. The molecule has 0 bridgehead atoms. The van der Waals surface area contributed by atoms with Gasteiger partial charge in [0.05, 0.1) is 13.2 Å². The molecule has 0 saturated carbocycles. The zero-order valence-electron chi connectivity index (χ0n) is 9.41. The van der Waals surface area contributed by atoms with Crippen LogP contribution in [0, 0.1) is 0 Å². The lowest BCUT2D eigenvalue weighted by molar-refractivity contribution is 0.175. The molecule has 0 aliphatic carbocycles. The number of nitrogens with zero attached hydrogens (tertiary/aromatic N) is 2. The molecule has 1 amide bonds. The lowest BCUT2D eigenvalue weighted by Crippen LogP contribution is -2.37. The van der Waals surface area contributed by atoms with Gasteiger partial charge in [0, 0.05) is 7.05 Å². The van der Waals surface area contributed by atoms with Crippen LogP contribution in [-0.4, -0.2) is 42.3 Å². The normalized spacial score (nSPS) is 12.6. The van der Waals surface area contributed by atoms with Crippen LogP contribution >= 0.6 is 7.75 Å². The number of nitrogens with two attached hydrogens (primary N) is 1. The third kappa shape index (κ3) is 4.61. The molecule has 0 saturated heterocycles. The topological polar surface area (TPSA) is 114 Å². The number of rotatable bonds is 5. The van der Waals surface area contributed by atoms with E-state index >= 15 is 0 Å². The average Bonchev–Trinajstić information content (AvgIpc) is 2.16. The second-order valence-electron chi connectivity index (χ2n) is 2.60. The summed E-state index contributed by atoms with van der Waals surface area (Å²) in [6.45, 7) is 3.45. The predicted octanol–water partition coefficient (Wildman–Crippen LogP) is 1.09. The minimum atomic E-state index is -3.71. The van der Waals surface area contributed by atoms with Gasteiger partial charge in [-0.1, -0.05) is 0 Å². The predicted molar refractivity (Wildman–Crippen MR) is 58.3 cm³/mol. The van der Waals surface area contributed by atoms with E-state index in [9.17, 15) is 9.36 Å². The SMILES string of the molecule is CCOP(=O)(N=C(N)N(C)C(=O)O)OCC. The van der Waals surface area contributed by atoms with E-state index in [1.807, 2.05) is 0 Å². The van der Waals surface area contributed by atoms with Crippen LogP contribution in [0.1, 0.15) is 13.8 Å². The summed E-state index contributed by atoms with van der Waals surface area (Å²) >= 11 is 0. The molecule has 3 N–H and O–H groups in total. The van der Waals surface area contributed by atoms with E-state index in [2.05, 4.69) is 4.76 Å². The zero-order valence-corrected chi connectivity index (χ0v) is 10.3. The third-order valence-corrected chi connectivity index (χ3v) is 3.06. The monoisotopic (exact) mass is 253 g/mol. The zero-order chi connectivity index (χ0) is 12.8. The van der Waals surface area contributed by atoms with Gasteiger partial charge in [-0.25, -0.2) is 9.36 Å². The fourth-order valence-corrected chi connectivity index (χ4v) is 1.94. The summed E-state index contributed by atoms with van der Waals surface area (Å²) in [6, 6.07) is 0. The lowest BCUT2D eigenvalue weighted by Gasteiger charge is -2.15. The molecule has 0 fully saturated rings. The van der Waals surface area contributed by atoms with Gasteiger partial charge in [-0.05, 0) is 13.8 Å². The Bertz CT molecular complexity index is 309. The molecule has 0 radical (unpaired) electrons. The first-order chi connectivity index (χ1) is 7.36. The molecule has 0 aliphatic heterocycles. The van der Waals surface area contributed by atoms with Gasteiger partial charge >= 0.3 is 13.8 Å². The molecule has 16 heavy (non-hydrogen) atoms. The Morgan fingerprint density at radius 1 is 1.44 bits per heavy atom. The maximum atomic E-state index is 11.8. The lowest BCUT2D eigenvalue weighted by atomic mass is 10.8. The molecule has 0 aromatic carbocycles. The van der Waals surface area contributed by atoms with Crippen LogP contribution in [0.3, 0.4) is 0 Å². The van der Waals surface area contributed by atoms with Crippen LogP contribution < -0.4 is 5.73 Å². The summed E-state index contributed by atoms with van der Waals surface area (Å²) < 4.78 is 24.9. The number of guanidine groups is 1. The van der Waals surface area contributed by atoms with E-state index in [4.69, 9.17) is 19.9 Å². The maximum Gasteiger partial charge on any atom is 0.457 e. The Hall–Kier alpha value is -1.11. The third-order valence-electron chi connectivity index (χ3n) is 1.44. The number of amides is 1. The van der Waals surface area contributed by atoms with Crippen molar-refractivity contribution in [2.24, 2.45) is 10.5 Å². The summed E-state index contributed by atoms with van der Waals surface area (Å²) in [5.41, 5.74) is 5.33. The van der Waals surface area contributed by atoms with Gasteiger partial charge in [0.2, 0.25) is 5.96 Å². The quantitative estimate of drug-likeness (QED) is 0.430. The highest BCUT2D eigenvalue weighted by molar-refractivity contribution is 7.52. The Morgan fingerprint density at radius 3 is 2.19 bits per heavy atom.